The van der Waals surface area contributed by atoms with E-state index in [9.17, 15) is 13.2 Å². The first-order valence-corrected chi connectivity index (χ1v) is 10.8. The molecule has 1 amide bonds. The molecule has 28 heavy (non-hydrogen) atoms. The average Bonchev–Trinajstić information content (AvgIpc) is 3.26. The molecule has 2 heterocycles. The van der Waals surface area contributed by atoms with Crippen molar-refractivity contribution in [3.8, 4) is 5.75 Å². The van der Waals surface area contributed by atoms with E-state index in [1.165, 1.54) is 15.1 Å². The molecule has 10 heteroatoms. The van der Waals surface area contributed by atoms with E-state index in [1.54, 1.807) is 33.0 Å². The third kappa shape index (κ3) is 3.87. The van der Waals surface area contributed by atoms with Crippen molar-refractivity contribution in [2.75, 3.05) is 25.0 Å². The number of benzene rings is 1. The summed E-state index contributed by atoms with van der Waals surface area (Å²) in [5, 5.41) is 7.05. The number of amides is 1. The summed E-state index contributed by atoms with van der Waals surface area (Å²) in [5.74, 6) is -0.188. The molecule has 0 saturated carbocycles. The van der Waals surface area contributed by atoms with Crippen LogP contribution in [0.4, 0.5) is 5.69 Å². The molecule has 1 fully saturated rings. The summed E-state index contributed by atoms with van der Waals surface area (Å²) in [5.41, 5.74) is 1.08. The first-order chi connectivity index (χ1) is 13.3. The van der Waals surface area contributed by atoms with Crippen LogP contribution in [0.15, 0.2) is 23.1 Å². The number of carbonyl (C=O) groups is 1. The van der Waals surface area contributed by atoms with E-state index in [1.807, 2.05) is 0 Å². The zero-order valence-electron chi connectivity index (χ0n) is 16.0. The Balaban J connectivity index is 1.96. The SMILES string of the molecule is CCOc1ccc(NC(=O)c2c(C)nn(C)c2Cl)cc1S(=O)(=O)N1CCCC1. The van der Waals surface area contributed by atoms with E-state index >= 15 is 0 Å². The van der Waals surface area contributed by atoms with E-state index in [0.29, 0.717) is 31.1 Å². The van der Waals surface area contributed by atoms with Gasteiger partial charge < -0.3 is 10.1 Å². The number of hydrogen-bond acceptors (Lipinski definition) is 5. The molecular weight excluding hydrogens is 404 g/mol. The van der Waals surface area contributed by atoms with Crippen LogP contribution in [0.2, 0.25) is 5.15 Å². The number of anilines is 1. The molecule has 3 rings (SSSR count). The average molecular weight is 427 g/mol. The van der Waals surface area contributed by atoms with Crippen LogP contribution in [-0.4, -0.2) is 48.1 Å². The predicted molar refractivity (Wildman–Crippen MR) is 107 cm³/mol. The minimum absolute atomic E-state index is 0.0445. The molecule has 1 aliphatic rings. The van der Waals surface area contributed by atoms with E-state index in [4.69, 9.17) is 16.3 Å². The van der Waals surface area contributed by atoms with Gasteiger partial charge in [0.15, 0.2) is 0 Å². The third-order valence-electron chi connectivity index (χ3n) is 4.56. The third-order valence-corrected chi connectivity index (χ3v) is 6.92. The molecule has 0 unspecified atom stereocenters. The van der Waals surface area contributed by atoms with Crippen molar-refractivity contribution >= 4 is 33.2 Å². The Morgan fingerprint density at radius 3 is 2.57 bits per heavy atom. The monoisotopic (exact) mass is 426 g/mol. The lowest BCUT2D eigenvalue weighted by molar-refractivity contribution is 0.102. The Bertz CT molecular complexity index is 997. The number of rotatable bonds is 6. The van der Waals surface area contributed by atoms with Crippen LogP contribution < -0.4 is 10.1 Å². The molecule has 1 aromatic heterocycles. The summed E-state index contributed by atoms with van der Waals surface area (Å²) in [4.78, 5) is 12.7. The fourth-order valence-corrected chi connectivity index (χ4v) is 5.15. The number of carbonyl (C=O) groups excluding carboxylic acids is 1. The second-order valence-corrected chi connectivity index (χ2v) is 8.80. The van der Waals surface area contributed by atoms with Gasteiger partial charge in [-0.05, 0) is 44.9 Å². The van der Waals surface area contributed by atoms with E-state index in [0.717, 1.165) is 12.8 Å². The Kier molecular flexibility index (Phi) is 5.97. The van der Waals surface area contributed by atoms with Gasteiger partial charge >= 0.3 is 0 Å². The molecule has 2 aromatic rings. The highest BCUT2D eigenvalue weighted by atomic mass is 35.5. The molecular formula is C18H23ClN4O4S. The van der Waals surface area contributed by atoms with Gasteiger partial charge in [-0.1, -0.05) is 11.6 Å². The molecule has 1 aromatic carbocycles. The maximum Gasteiger partial charge on any atom is 0.260 e. The molecule has 1 aliphatic heterocycles. The molecule has 1 N–H and O–H groups in total. The molecule has 0 aliphatic carbocycles. The Morgan fingerprint density at radius 2 is 2.00 bits per heavy atom. The van der Waals surface area contributed by atoms with Crippen molar-refractivity contribution in [1.82, 2.24) is 14.1 Å². The van der Waals surface area contributed by atoms with Gasteiger partial charge in [0, 0.05) is 25.8 Å². The number of hydrogen-bond donors (Lipinski definition) is 1. The first-order valence-electron chi connectivity index (χ1n) is 9.03. The van der Waals surface area contributed by atoms with Gasteiger partial charge in [-0.25, -0.2) is 8.42 Å². The number of sulfonamides is 1. The van der Waals surface area contributed by atoms with E-state index in [-0.39, 0.29) is 21.4 Å². The van der Waals surface area contributed by atoms with Crippen LogP contribution in [-0.2, 0) is 17.1 Å². The number of nitrogens with zero attached hydrogens (tertiary/aromatic N) is 3. The highest BCUT2D eigenvalue weighted by Crippen LogP contribution is 2.32. The van der Waals surface area contributed by atoms with Crippen molar-refractivity contribution < 1.29 is 17.9 Å². The maximum absolute atomic E-state index is 13.0. The summed E-state index contributed by atoms with van der Waals surface area (Å²) in [6.45, 7) is 4.76. The van der Waals surface area contributed by atoms with Crippen molar-refractivity contribution in [1.29, 1.82) is 0 Å². The number of ether oxygens (including phenoxy) is 1. The lowest BCUT2D eigenvalue weighted by Gasteiger charge is -2.19. The van der Waals surface area contributed by atoms with Crippen molar-refractivity contribution in [2.45, 2.75) is 31.6 Å². The van der Waals surface area contributed by atoms with Crippen LogP contribution in [0.3, 0.4) is 0 Å². The fourth-order valence-electron chi connectivity index (χ4n) is 3.21. The van der Waals surface area contributed by atoms with Gasteiger partial charge in [0.2, 0.25) is 10.0 Å². The van der Waals surface area contributed by atoms with Crippen molar-refractivity contribution in [2.24, 2.45) is 7.05 Å². The van der Waals surface area contributed by atoms with Gasteiger partial charge in [0.1, 0.15) is 15.8 Å². The molecule has 1 saturated heterocycles. The van der Waals surface area contributed by atoms with Gasteiger partial charge in [0.25, 0.3) is 5.91 Å². The second-order valence-electron chi connectivity index (χ2n) is 6.53. The number of aromatic nitrogens is 2. The predicted octanol–water partition coefficient (Wildman–Crippen LogP) is 2.82. The lowest BCUT2D eigenvalue weighted by Crippen LogP contribution is -2.28. The van der Waals surface area contributed by atoms with Crippen molar-refractivity contribution in [3.05, 3.63) is 34.6 Å². The van der Waals surface area contributed by atoms with Crippen LogP contribution >= 0.6 is 11.6 Å². The maximum atomic E-state index is 13.0. The number of halogens is 1. The number of aryl methyl sites for hydroxylation is 2. The summed E-state index contributed by atoms with van der Waals surface area (Å²) < 4.78 is 34.5. The van der Waals surface area contributed by atoms with Gasteiger partial charge in [-0.3, -0.25) is 9.48 Å². The summed E-state index contributed by atoms with van der Waals surface area (Å²) in [6.07, 6.45) is 1.66. The highest BCUT2D eigenvalue weighted by Gasteiger charge is 2.30. The summed E-state index contributed by atoms with van der Waals surface area (Å²) >= 11 is 6.15. The molecule has 8 nitrogen and oxygen atoms in total. The molecule has 0 radical (unpaired) electrons. The minimum Gasteiger partial charge on any atom is -0.492 e. The van der Waals surface area contributed by atoms with Gasteiger partial charge in [-0.2, -0.15) is 9.40 Å². The van der Waals surface area contributed by atoms with Crippen LogP contribution in [0.1, 0.15) is 35.8 Å². The van der Waals surface area contributed by atoms with Crippen LogP contribution in [0.25, 0.3) is 0 Å². The topological polar surface area (TPSA) is 93.5 Å². The summed E-state index contributed by atoms with van der Waals surface area (Å²) in [6, 6.07) is 4.58. The number of nitrogens with one attached hydrogen (secondary N) is 1. The molecule has 152 valence electrons. The zero-order chi connectivity index (χ0) is 20.5. The molecule has 0 atom stereocenters. The Labute approximate surface area is 169 Å². The molecule has 0 bridgehead atoms. The summed E-state index contributed by atoms with van der Waals surface area (Å²) in [7, 11) is -2.07. The fraction of sp³-hybridized carbons (Fsp3) is 0.444. The zero-order valence-corrected chi connectivity index (χ0v) is 17.6. The highest BCUT2D eigenvalue weighted by molar-refractivity contribution is 7.89. The van der Waals surface area contributed by atoms with Gasteiger partial charge in [-0.15, -0.1) is 0 Å². The van der Waals surface area contributed by atoms with Gasteiger partial charge in [0.05, 0.1) is 17.9 Å². The molecule has 0 spiro atoms. The smallest absolute Gasteiger partial charge is 0.260 e. The standard InChI is InChI=1S/C18H23ClN4O4S/c1-4-27-14-8-7-13(11-15(14)28(25,26)23-9-5-6-10-23)20-18(24)16-12(2)21-22(3)17(16)19/h7-8,11H,4-6,9-10H2,1-3H3,(H,20,24). The van der Waals surface area contributed by atoms with E-state index < -0.39 is 15.9 Å². The Morgan fingerprint density at radius 1 is 1.32 bits per heavy atom. The van der Waals surface area contributed by atoms with Crippen LogP contribution in [0.5, 0.6) is 5.75 Å². The second kappa shape index (κ2) is 8.10. The minimum atomic E-state index is -3.71. The Hall–Kier alpha value is -2.10. The largest absolute Gasteiger partial charge is 0.492 e. The van der Waals surface area contributed by atoms with Crippen molar-refractivity contribution in [3.63, 3.8) is 0 Å². The lowest BCUT2D eigenvalue weighted by atomic mass is 10.2. The quantitative estimate of drug-likeness (QED) is 0.766. The normalized spacial score (nSPS) is 15.0. The van der Waals surface area contributed by atoms with E-state index in [2.05, 4.69) is 10.4 Å². The first kappa shape index (κ1) is 20.6. The van der Waals surface area contributed by atoms with Crippen LogP contribution in [0, 0.1) is 6.92 Å².